The average molecular weight is 519 g/mol. The van der Waals surface area contributed by atoms with Gasteiger partial charge in [-0.2, -0.15) is 10.1 Å². The van der Waals surface area contributed by atoms with Crippen LogP contribution in [0.3, 0.4) is 0 Å². The fourth-order valence-corrected chi connectivity index (χ4v) is 6.24. The van der Waals surface area contributed by atoms with Crippen LogP contribution >= 0.6 is 0 Å². The fraction of sp³-hybridized carbons (Fsp3) is 0.571. The molecule has 1 saturated heterocycles. The highest BCUT2D eigenvalue weighted by Crippen LogP contribution is 2.63. The summed E-state index contributed by atoms with van der Waals surface area (Å²) in [5.74, 6) is 2.22. The highest BCUT2D eigenvalue weighted by molar-refractivity contribution is 5.95. The SMILES string of the molecule is CCN1CCC(NC(=O)c2ccc(Cn3ncc4nc(N)nc(NCC5CC6(CC6)C5)c43)c(OC)c2)CC1. The van der Waals surface area contributed by atoms with Crippen LogP contribution in [0.15, 0.2) is 24.4 Å². The van der Waals surface area contributed by atoms with Crippen molar-refractivity contribution in [3.05, 3.63) is 35.5 Å². The molecule has 202 valence electrons. The Morgan fingerprint density at radius 3 is 2.71 bits per heavy atom. The van der Waals surface area contributed by atoms with Crippen molar-refractivity contribution < 1.29 is 9.53 Å². The third-order valence-corrected chi connectivity index (χ3v) is 8.70. The second-order valence-corrected chi connectivity index (χ2v) is 11.3. The van der Waals surface area contributed by atoms with Gasteiger partial charge in [-0.1, -0.05) is 13.0 Å². The number of amides is 1. The Bertz CT molecular complexity index is 1320. The third-order valence-electron chi connectivity index (χ3n) is 8.70. The molecule has 1 spiro atoms. The van der Waals surface area contributed by atoms with Gasteiger partial charge in [-0.05, 0) is 68.5 Å². The molecular formula is C28H38N8O2. The average Bonchev–Trinajstić information content (AvgIpc) is 3.61. The highest BCUT2D eigenvalue weighted by atomic mass is 16.5. The molecule has 3 aliphatic rings. The summed E-state index contributed by atoms with van der Waals surface area (Å²) in [6.45, 7) is 6.62. The van der Waals surface area contributed by atoms with Crippen molar-refractivity contribution in [3.63, 3.8) is 0 Å². The summed E-state index contributed by atoms with van der Waals surface area (Å²) in [6, 6.07) is 5.82. The second-order valence-electron chi connectivity index (χ2n) is 11.3. The van der Waals surface area contributed by atoms with Crippen LogP contribution in [0, 0.1) is 11.3 Å². The zero-order valence-corrected chi connectivity index (χ0v) is 22.4. The van der Waals surface area contributed by atoms with E-state index in [0.717, 1.165) is 50.1 Å². The van der Waals surface area contributed by atoms with Crippen LogP contribution in [0.4, 0.5) is 11.8 Å². The summed E-state index contributed by atoms with van der Waals surface area (Å²) in [7, 11) is 1.63. The highest BCUT2D eigenvalue weighted by Gasteiger charge is 2.52. The molecule has 0 unspecified atom stereocenters. The van der Waals surface area contributed by atoms with E-state index in [4.69, 9.17) is 10.5 Å². The van der Waals surface area contributed by atoms with Gasteiger partial charge in [-0.3, -0.25) is 9.48 Å². The first kappa shape index (κ1) is 24.9. The Balaban J connectivity index is 1.16. The Morgan fingerprint density at radius 2 is 2.00 bits per heavy atom. The molecule has 10 heteroatoms. The fourth-order valence-electron chi connectivity index (χ4n) is 6.24. The van der Waals surface area contributed by atoms with E-state index in [1.165, 1.54) is 25.7 Å². The largest absolute Gasteiger partial charge is 0.496 e. The van der Waals surface area contributed by atoms with Crippen LogP contribution in [-0.4, -0.2) is 69.9 Å². The monoisotopic (exact) mass is 518 g/mol. The molecule has 1 aromatic carbocycles. The first-order valence-corrected chi connectivity index (χ1v) is 13.9. The number of fused-ring (bicyclic) bond motifs is 1. The molecule has 2 aliphatic carbocycles. The van der Waals surface area contributed by atoms with E-state index in [1.54, 1.807) is 13.3 Å². The number of likely N-dealkylation sites (tertiary alicyclic amines) is 1. The summed E-state index contributed by atoms with van der Waals surface area (Å²) in [5.41, 5.74) is 9.72. The number of hydrogen-bond donors (Lipinski definition) is 3. The lowest BCUT2D eigenvalue weighted by Crippen LogP contribution is -2.44. The summed E-state index contributed by atoms with van der Waals surface area (Å²) in [5, 5.41) is 11.3. The zero-order chi connectivity index (χ0) is 26.3. The van der Waals surface area contributed by atoms with Crippen molar-refractivity contribution in [2.75, 3.05) is 44.3 Å². The van der Waals surface area contributed by atoms with E-state index in [0.29, 0.717) is 40.5 Å². The number of ether oxygens (including phenoxy) is 1. The smallest absolute Gasteiger partial charge is 0.251 e. The van der Waals surface area contributed by atoms with Gasteiger partial charge in [0.15, 0.2) is 5.82 Å². The predicted molar refractivity (Wildman–Crippen MR) is 147 cm³/mol. The number of nitrogens with two attached hydrogens (primary N) is 1. The molecule has 0 radical (unpaired) electrons. The maximum Gasteiger partial charge on any atom is 0.251 e. The summed E-state index contributed by atoms with van der Waals surface area (Å²) >= 11 is 0. The Labute approximate surface area is 223 Å². The first-order chi connectivity index (χ1) is 18.4. The van der Waals surface area contributed by atoms with Crippen LogP contribution in [0.1, 0.15) is 61.4 Å². The number of methoxy groups -OCH3 is 1. The molecule has 3 fully saturated rings. The lowest BCUT2D eigenvalue weighted by atomic mass is 9.72. The van der Waals surface area contributed by atoms with E-state index >= 15 is 0 Å². The molecule has 3 heterocycles. The predicted octanol–water partition coefficient (Wildman–Crippen LogP) is 3.28. The molecule has 6 rings (SSSR count). The number of anilines is 2. The minimum Gasteiger partial charge on any atom is -0.496 e. The number of nitrogen functional groups attached to an aromatic ring is 1. The molecule has 0 bridgehead atoms. The number of carbonyl (C=O) groups is 1. The number of piperidine rings is 1. The van der Waals surface area contributed by atoms with Crippen molar-refractivity contribution in [1.82, 2.24) is 30.0 Å². The lowest BCUT2D eigenvalue weighted by molar-refractivity contribution is 0.0912. The van der Waals surface area contributed by atoms with Crippen LogP contribution in [-0.2, 0) is 6.54 Å². The summed E-state index contributed by atoms with van der Waals surface area (Å²) in [4.78, 5) is 24.3. The molecule has 1 amide bonds. The third kappa shape index (κ3) is 5.01. The van der Waals surface area contributed by atoms with Crippen LogP contribution in [0.2, 0.25) is 0 Å². The van der Waals surface area contributed by atoms with Crippen molar-refractivity contribution in [3.8, 4) is 5.75 Å². The number of nitrogens with zero attached hydrogens (tertiary/aromatic N) is 5. The molecule has 4 N–H and O–H groups in total. The van der Waals surface area contributed by atoms with Crippen molar-refractivity contribution in [2.45, 2.75) is 58.0 Å². The number of hydrogen-bond acceptors (Lipinski definition) is 8. The van der Waals surface area contributed by atoms with E-state index < -0.39 is 0 Å². The van der Waals surface area contributed by atoms with E-state index in [9.17, 15) is 4.79 Å². The Morgan fingerprint density at radius 1 is 1.21 bits per heavy atom. The number of carbonyl (C=O) groups excluding carboxylic acids is 1. The lowest BCUT2D eigenvalue weighted by Gasteiger charge is -2.36. The van der Waals surface area contributed by atoms with E-state index in [-0.39, 0.29) is 17.9 Å². The van der Waals surface area contributed by atoms with Gasteiger partial charge in [-0.25, -0.2) is 4.98 Å². The molecule has 2 saturated carbocycles. The molecule has 1 aliphatic heterocycles. The maximum atomic E-state index is 13.0. The van der Waals surface area contributed by atoms with Gasteiger partial charge >= 0.3 is 0 Å². The molecule has 3 aromatic rings. The minimum atomic E-state index is -0.0614. The van der Waals surface area contributed by atoms with Crippen molar-refractivity contribution in [2.24, 2.45) is 11.3 Å². The summed E-state index contributed by atoms with van der Waals surface area (Å²) < 4.78 is 7.57. The standard InChI is InChI=1S/C28H38N8O2/c1-3-35-10-6-21(7-11-35)32-26(37)19-4-5-20(23(12-19)38-2)17-36-24-22(16-31-36)33-27(29)34-25(24)30-15-18-13-28(14-18)8-9-28/h4-5,12,16,18,21H,3,6-11,13-15,17H2,1-2H3,(H,32,37)(H3,29,30,33,34). The molecule has 38 heavy (non-hydrogen) atoms. The molecule has 10 nitrogen and oxygen atoms in total. The molecule has 2 aromatic heterocycles. The maximum absolute atomic E-state index is 13.0. The summed E-state index contributed by atoms with van der Waals surface area (Å²) in [6.07, 6.45) is 9.07. The van der Waals surface area contributed by atoms with Crippen molar-refractivity contribution in [1.29, 1.82) is 0 Å². The molecule has 0 atom stereocenters. The van der Waals surface area contributed by atoms with Gasteiger partial charge in [0.25, 0.3) is 5.91 Å². The Hall–Kier alpha value is -3.40. The van der Waals surface area contributed by atoms with Gasteiger partial charge in [-0.15, -0.1) is 0 Å². The second kappa shape index (κ2) is 10.1. The number of nitrogens with one attached hydrogen (secondary N) is 2. The van der Waals surface area contributed by atoms with Crippen molar-refractivity contribution >= 4 is 28.7 Å². The normalized spacial score (nSPS) is 19.4. The number of rotatable bonds is 9. The minimum absolute atomic E-state index is 0.0614. The van der Waals surface area contributed by atoms with E-state index in [2.05, 4.69) is 37.5 Å². The number of aromatic nitrogens is 4. The Kier molecular flexibility index (Phi) is 6.59. The van der Waals surface area contributed by atoms with E-state index in [1.807, 2.05) is 22.9 Å². The topological polar surface area (TPSA) is 123 Å². The zero-order valence-electron chi connectivity index (χ0n) is 22.4. The first-order valence-electron chi connectivity index (χ1n) is 13.9. The molecular weight excluding hydrogens is 480 g/mol. The quantitative estimate of drug-likeness (QED) is 0.394. The van der Waals surface area contributed by atoms with Gasteiger partial charge in [0, 0.05) is 36.8 Å². The van der Waals surface area contributed by atoms with Crippen LogP contribution in [0.25, 0.3) is 11.0 Å². The van der Waals surface area contributed by atoms with Gasteiger partial charge in [0.1, 0.15) is 16.8 Å². The van der Waals surface area contributed by atoms with Crippen LogP contribution in [0.5, 0.6) is 5.75 Å². The van der Waals surface area contributed by atoms with Gasteiger partial charge < -0.3 is 26.0 Å². The van der Waals surface area contributed by atoms with Gasteiger partial charge in [0.2, 0.25) is 5.95 Å². The number of benzene rings is 1. The van der Waals surface area contributed by atoms with Crippen LogP contribution < -0.4 is 21.1 Å². The van der Waals surface area contributed by atoms with Gasteiger partial charge in [0.05, 0.1) is 19.9 Å².